The fourth-order valence-electron chi connectivity index (χ4n) is 1.83. The molecule has 0 saturated carbocycles. The number of carbonyl (C=O) groups is 1. The van der Waals surface area contributed by atoms with Crippen molar-refractivity contribution in [3.05, 3.63) is 24.6 Å². The predicted molar refractivity (Wildman–Crippen MR) is 68.5 cm³/mol. The first-order valence-electron chi connectivity index (χ1n) is 5.99. The molecule has 5 nitrogen and oxygen atoms in total. The van der Waals surface area contributed by atoms with Gasteiger partial charge < -0.3 is 14.1 Å². The van der Waals surface area contributed by atoms with Crippen LogP contribution in [0.2, 0.25) is 0 Å². The van der Waals surface area contributed by atoms with Gasteiger partial charge in [-0.2, -0.15) is 0 Å². The summed E-state index contributed by atoms with van der Waals surface area (Å²) in [5, 5.41) is 0.906. The molecule has 0 bridgehead atoms. The molecule has 96 valence electrons. The highest BCUT2D eigenvalue weighted by Gasteiger charge is 2.15. The maximum Gasteiger partial charge on any atom is 0.325 e. The van der Waals surface area contributed by atoms with Crippen molar-refractivity contribution in [2.24, 2.45) is 0 Å². The minimum Gasteiger partial charge on any atom is -0.465 e. The molecule has 0 unspecified atom stereocenters. The van der Waals surface area contributed by atoms with Crippen LogP contribution in [-0.4, -0.2) is 30.6 Å². The van der Waals surface area contributed by atoms with Crippen LogP contribution in [0.15, 0.2) is 29.0 Å². The zero-order valence-corrected chi connectivity index (χ0v) is 10.5. The molecule has 0 atom stereocenters. The number of esters is 1. The van der Waals surface area contributed by atoms with Crippen LogP contribution in [0.5, 0.6) is 0 Å². The average Bonchev–Trinajstić information content (AvgIpc) is 2.84. The molecule has 0 spiro atoms. The number of nitrogens with zero attached hydrogens (tertiary/aromatic N) is 2. The van der Waals surface area contributed by atoms with E-state index < -0.39 is 0 Å². The number of aromatic nitrogens is 1. The Labute approximate surface area is 105 Å². The summed E-state index contributed by atoms with van der Waals surface area (Å²) < 4.78 is 10.3. The molecule has 5 heteroatoms. The number of furan rings is 1. The Balaban J connectivity index is 2.26. The fraction of sp³-hybridized carbons (Fsp3) is 0.385. The van der Waals surface area contributed by atoms with Crippen molar-refractivity contribution in [1.82, 2.24) is 4.98 Å². The third kappa shape index (κ3) is 2.45. The minimum absolute atomic E-state index is 0.196. The molecular formula is C13H16N2O3. The third-order valence-corrected chi connectivity index (χ3v) is 2.67. The lowest BCUT2D eigenvalue weighted by molar-refractivity contribution is -0.141. The molecule has 0 aliphatic rings. The van der Waals surface area contributed by atoms with Crippen LogP contribution in [0.4, 0.5) is 5.82 Å². The van der Waals surface area contributed by atoms with Gasteiger partial charge >= 0.3 is 5.97 Å². The Hall–Kier alpha value is -2.04. The van der Waals surface area contributed by atoms with Gasteiger partial charge in [0.1, 0.15) is 17.9 Å². The van der Waals surface area contributed by atoms with Crippen LogP contribution in [0.25, 0.3) is 11.0 Å². The lowest BCUT2D eigenvalue weighted by Gasteiger charge is -2.21. The lowest BCUT2D eigenvalue weighted by Crippen LogP contribution is -2.31. The van der Waals surface area contributed by atoms with E-state index in [0.717, 1.165) is 16.8 Å². The van der Waals surface area contributed by atoms with Crippen molar-refractivity contribution < 1.29 is 13.9 Å². The molecule has 0 radical (unpaired) electrons. The number of hydrogen-bond acceptors (Lipinski definition) is 5. The number of rotatable bonds is 5. The lowest BCUT2D eigenvalue weighted by atomic mass is 10.3. The molecular weight excluding hydrogens is 232 g/mol. The standard InChI is InChI=1S/C13H16N2O3/c1-3-15(9-12(16)17-4-2)13-10-6-8-18-11(10)5-7-14-13/h5-8H,3-4,9H2,1-2H3. The Bertz CT molecular complexity index is 536. The van der Waals surface area contributed by atoms with Crippen LogP contribution >= 0.6 is 0 Å². The average molecular weight is 248 g/mol. The van der Waals surface area contributed by atoms with Gasteiger partial charge in [0.05, 0.1) is 18.3 Å². The van der Waals surface area contributed by atoms with Crippen molar-refractivity contribution in [3.63, 3.8) is 0 Å². The van der Waals surface area contributed by atoms with Gasteiger partial charge in [0.25, 0.3) is 0 Å². The number of ether oxygens (including phenoxy) is 1. The van der Waals surface area contributed by atoms with Crippen molar-refractivity contribution in [3.8, 4) is 0 Å². The minimum atomic E-state index is -0.248. The van der Waals surface area contributed by atoms with Crippen LogP contribution in [0.3, 0.4) is 0 Å². The fourth-order valence-corrected chi connectivity index (χ4v) is 1.83. The Morgan fingerprint density at radius 1 is 1.44 bits per heavy atom. The first-order valence-corrected chi connectivity index (χ1v) is 5.99. The highest BCUT2D eigenvalue weighted by Crippen LogP contribution is 2.24. The Morgan fingerprint density at radius 3 is 3.00 bits per heavy atom. The van der Waals surface area contributed by atoms with E-state index in [0.29, 0.717) is 13.2 Å². The van der Waals surface area contributed by atoms with E-state index in [-0.39, 0.29) is 12.5 Å². The van der Waals surface area contributed by atoms with Gasteiger partial charge in [-0.3, -0.25) is 4.79 Å². The highest BCUT2D eigenvalue weighted by atomic mass is 16.5. The maximum absolute atomic E-state index is 11.5. The Kier molecular flexibility index (Phi) is 3.82. The van der Waals surface area contributed by atoms with Gasteiger partial charge in [-0.25, -0.2) is 4.98 Å². The molecule has 2 aromatic heterocycles. The van der Waals surface area contributed by atoms with Crippen molar-refractivity contribution in [2.45, 2.75) is 13.8 Å². The summed E-state index contributed by atoms with van der Waals surface area (Å²) >= 11 is 0. The molecule has 0 aromatic carbocycles. The number of likely N-dealkylation sites (N-methyl/N-ethyl adjacent to an activating group) is 1. The smallest absolute Gasteiger partial charge is 0.325 e. The molecule has 0 fully saturated rings. The number of anilines is 1. The van der Waals surface area contributed by atoms with Crippen molar-refractivity contribution in [1.29, 1.82) is 0 Å². The van der Waals surface area contributed by atoms with Crippen molar-refractivity contribution in [2.75, 3.05) is 24.6 Å². The van der Waals surface area contributed by atoms with E-state index in [9.17, 15) is 4.79 Å². The number of hydrogen-bond donors (Lipinski definition) is 0. The second kappa shape index (κ2) is 5.53. The second-order valence-corrected chi connectivity index (χ2v) is 3.79. The summed E-state index contributed by atoms with van der Waals surface area (Å²) in [6, 6.07) is 3.66. The first-order chi connectivity index (χ1) is 8.76. The number of fused-ring (bicyclic) bond motifs is 1. The first kappa shape index (κ1) is 12.4. The second-order valence-electron chi connectivity index (χ2n) is 3.79. The van der Waals surface area contributed by atoms with E-state index in [1.54, 1.807) is 25.5 Å². The molecule has 0 aliphatic heterocycles. The molecule has 2 rings (SSSR count). The van der Waals surface area contributed by atoms with Gasteiger partial charge in [-0.05, 0) is 26.0 Å². The van der Waals surface area contributed by atoms with Gasteiger partial charge in [0.2, 0.25) is 0 Å². The summed E-state index contributed by atoms with van der Waals surface area (Å²) in [6.45, 7) is 5.03. The molecule has 0 amide bonds. The van der Waals surface area contributed by atoms with Gasteiger partial charge in [-0.1, -0.05) is 0 Å². The predicted octanol–water partition coefficient (Wildman–Crippen LogP) is 2.22. The summed E-state index contributed by atoms with van der Waals surface area (Å²) in [7, 11) is 0. The molecule has 0 saturated heterocycles. The molecule has 2 aromatic rings. The van der Waals surface area contributed by atoms with Gasteiger partial charge in [0, 0.05) is 12.7 Å². The molecule has 2 heterocycles. The summed E-state index contributed by atoms with van der Waals surface area (Å²) in [4.78, 5) is 17.7. The third-order valence-electron chi connectivity index (χ3n) is 2.67. The van der Waals surface area contributed by atoms with Crippen LogP contribution in [0, 0.1) is 0 Å². The molecule has 0 aliphatic carbocycles. The molecule has 18 heavy (non-hydrogen) atoms. The summed E-state index contributed by atoms with van der Waals surface area (Å²) in [5.41, 5.74) is 0.766. The zero-order valence-electron chi connectivity index (χ0n) is 10.5. The topological polar surface area (TPSA) is 55.6 Å². The normalized spacial score (nSPS) is 10.6. The molecule has 0 N–H and O–H groups in total. The van der Waals surface area contributed by atoms with Gasteiger partial charge in [-0.15, -0.1) is 0 Å². The van der Waals surface area contributed by atoms with Gasteiger partial charge in [0.15, 0.2) is 0 Å². The maximum atomic E-state index is 11.5. The summed E-state index contributed by atoms with van der Waals surface area (Å²) in [6.07, 6.45) is 3.29. The summed E-state index contributed by atoms with van der Waals surface area (Å²) in [5.74, 6) is 0.499. The zero-order chi connectivity index (χ0) is 13.0. The van der Waals surface area contributed by atoms with E-state index in [1.807, 2.05) is 17.9 Å². The Morgan fingerprint density at radius 2 is 2.28 bits per heavy atom. The quantitative estimate of drug-likeness (QED) is 0.759. The van der Waals surface area contributed by atoms with Crippen molar-refractivity contribution >= 4 is 22.8 Å². The van der Waals surface area contributed by atoms with E-state index in [2.05, 4.69) is 4.98 Å². The van der Waals surface area contributed by atoms with E-state index in [1.165, 1.54) is 0 Å². The van der Waals surface area contributed by atoms with E-state index >= 15 is 0 Å². The van der Waals surface area contributed by atoms with E-state index in [4.69, 9.17) is 9.15 Å². The number of pyridine rings is 1. The van der Waals surface area contributed by atoms with Crippen LogP contribution in [-0.2, 0) is 9.53 Å². The SMILES string of the molecule is CCOC(=O)CN(CC)c1nccc2occc12. The largest absolute Gasteiger partial charge is 0.465 e. The van der Waals surface area contributed by atoms with Crippen LogP contribution < -0.4 is 4.90 Å². The van der Waals surface area contributed by atoms with Crippen LogP contribution in [0.1, 0.15) is 13.8 Å². The monoisotopic (exact) mass is 248 g/mol. The number of carbonyl (C=O) groups excluding carboxylic acids is 1. The highest BCUT2D eigenvalue weighted by molar-refractivity contribution is 5.90.